The number of nitrogens with one attached hydrogen (secondary N) is 2. The van der Waals surface area contributed by atoms with Crippen LogP contribution in [0.2, 0.25) is 0 Å². The Labute approximate surface area is 300 Å². The van der Waals surface area contributed by atoms with Crippen LogP contribution >= 0.6 is 0 Å². The van der Waals surface area contributed by atoms with Gasteiger partial charge in [-0.05, 0) is 90.3 Å². The molecule has 0 saturated heterocycles. The van der Waals surface area contributed by atoms with E-state index in [0.717, 1.165) is 12.0 Å². The summed E-state index contributed by atoms with van der Waals surface area (Å²) < 4.78 is 11.3. The Morgan fingerprint density at radius 1 is 0.820 bits per heavy atom. The molecule has 0 bridgehead atoms. The van der Waals surface area contributed by atoms with Crippen molar-refractivity contribution in [2.45, 2.75) is 137 Å². The highest BCUT2D eigenvalue weighted by Gasteiger charge is 2.42. The molecule has 2 rings (SSSR count). The Kier molecular flexibility index (Phi) is 15.6. The maximum Gasteiger partial charge on any atom is 0.408 e. The zero-order chi connectivity index (χ0) is 37.8. The van der Waals surface area contributed by atoms with Crippen LogP contribution in [0.25, 0.3) is 0 Å². The molecule has 9 nitrogen and oxygen atoms in total. The fourth-order valence-corrected chi connectivity index (χ4v) is 5.54. The highest BCUT2D eigenvalue weighted by molar-refractivity contribution is 5.94. The van der Waals surface area contributed by atoms with Crippen molar-refractivity contribution in [1.82, 2.24) is 15.5 Å². The molecule has 0 aliphatic carbocycles. The van der Waals surface area contributed by atoms with Crippen LogP contribution in [0.1, 0.15) is 118 Å². The first kappa shape index (κ1) is 41.8. The number of terminal acetylenes is 1. The summed E-state index contributed by atoms with van der Waals surface area (Å²) in [6.07, 6.45) is 7.33. The van der Waals surface area contributed by atoms with Crippen molar-refractivity contribution in [3.63, 3.8) is 0 Å². The van der Waals surface area contributed by atoms with Gasteiger partial charge in [-0.1, -0.05) is 88.6 Å². The van der Waals surface area contributed by atoms with Gasteiger partial charge in [-0.3, -0.25) is 9.59 Å². The first-order chi connectivity index (χ1) is 23.3. The quantitative estimate of drug-likeness (QED) is 0.149. The van der Waals surface area contributed by atoms with Gasteiger partial charge in [0, 0.05) is 18.0 Å². The third kappa shape index (κ3) is 13.2. The molecule has 5 unspecified atom stereocenters. The van der Waals surface area contributed by atoms with E-state index < -0.39 is 59.2 Å². The van der Waals surface area contributed by atoms with E-state index in [9.17, 15) is 19.2 Å². The minimum absolute atomic E-state index is 0.164. The highest BCUT2D eigenvalue weighted by atomic mass is 16.6. The molecular weight excluding hydrogens is 630 g/mol. The summed E-state index contributed by atoms with van der Waals surface area (Å²) in [5.41, 5.74) is 0.0803. The summed E-state index contributed by atoms with van der Waals surface area (Å²) in [6, 6.07) is 12.5. The third-order valence-corrected chi connectivity index (χ3v) is 8.27. The maximum absolute atomic E-state index is 15.0. The first-order valence-corrected chi connectivity index (χ1v) is 17.7. The molecule has 0 saturated carbocycles. The Morgan fingerprint density at radius 2 is 1.40 bits per heavy atom. The van der Waals surface area contributed by atoms with Crippen molar-refractivity contribution in [2.24, 2.45) is 11.8 Å². The number of esters is 1. The van der Waals surface area contributed by atoms with Gasteiger partial charge in [-0.25, -0.2) is 9.59 Å². The van der Waals surface area contributed by atoms with Gasteiger partial charge >= 0.3 is 12.1 Å². The Hall–Kier alpha value is -4.32. The number of ether oxygens (including phenoxy) is 2. The second-order valence-electron chi connectivity index (χ2n) is 15.5. The van der Waals surface area contributed by atoms with Crippen LogP contribution in [0.3, 0.4) is 0 Å². The van der Waals surface area contributed by atoms with Gasteiger partial charge in [-0.15, -0.1) is 6.42 Å². The number of carbonyl (C=O) groups excluding carboxylic acids is 4. The number of benzene rings is 2. The summed E-state index contributed by atoms with van der Waals surface area (Å²) in [4.78, 5) is 58.1. The molecule has 274 valence electrons. The van der Waals surface area contributed by atoms with Crippen LogP contribution in [0, 0.1) is 24.2 Å². The first-order valence-electron chi connectivity index (χ1n) is 17.7. The molecule has 2 aromatic rings. The summed E-state index contributed by atoms with van der Waals surface area (Å²) in [7, 11) is 0. The summed E-state index contributed by atoms with van der Waals surface area (Å²) in [6.45, 7) is 20.4. The SMILES string of the molecule is C#Cc1ccccc1C(C(=O)NC(Cc1ccccc1)C(=O)OC(C)(C)C)N(C(=O)C(NC(=O)OC(C)(C)C)C(C)CC)C(C)CCC(C)C. The van der Waals surface area contributed by atoms with Gasteiger partial charge < -0.3 is 25.0 Å². The van der Waals surface area contributed by atoms with Crippen LogP contribution in [0.5, 0.6) is 0 Å². The number of hydrogen-bond acceptors (Lipinski definition) is 6. The van der Waals surface area contributed by atoms with Crippen molar-refractivity contribution >= 4 is 23.9 Å². The van der Waals surface area contributed by atoms with E-state index in [2.05, 4.69) is 30.4 Å². The topological polar surface area (TPSA) is 114 Å². The van der Waals surface area contributed by atoms with E-state index in [4.69, 9.17) is 15.9 Å². The van der Waals surface area contributed by atoms with Crippen molar-refractivity contribution in [2.75, 3.05) is 0 Å². The van der Waals surface area contributed by atoms with Gasteiger partial charge in [0.1, 0.15) is 29.3 Å². The van der Waals surface area contributed by atoms with Crippen LogP contribution in [-0.2, 0) is 30.3 Å². The lowest BCUT2D eigenvalue weighted by Gasteiger charge is -2.40. The minimum Gasteiger partial charge on any atom is -0.458 e. The molecule has 2 N–H and O–H groups in total. The third-order valence-electron chi connectivity index (χ3n) is 8.27. The van der Waals surface area contributed by atoms with Crippen molar-refractivity contribution in [1.29, 1.82) is 0 Å². The fraction of sp³-hybridized carbons (Fsp3) is 0.561. The smallest absolute Gasteiger partial charge is 0.408 e. The second-order valence-corrected chi connectivity index (χ2v) is 15.5. The summed E-state index contributed by atoms with van der Waals surface area (Å²) >= 11 is 0. The molecule has 5 atom stereocenters. The average Bonchev–Trinajstić information content (AvgIpc) is 3.02. The normalized spacial score (nSPS) is 14.7. The van der Waals surface area contributed by atoms with E-state index >= 15 is 0 Å². The van der Waals surface area contributed by atoms with Gasteiger partial charge in [-0.2, -0.15) is 0 Å². The van der Waals surface area contributed by atoms with Crippen LogP contribution in [-0.4, -0.2) is 58.1 Å². The molecule has 50 heavy (non-hydrogen) atoms. The van der Waals surface area contributed by atoms with Gasteiger partial charge in [0.15, 0.2) is 0 Å². The van der Waals surface area contributed by atoms with Crippen LogP contribution < -0.4 is 10.6 Å². The second kappa shape index (κ2) is 18.6. The molecular formula is C41H59N3O6. The monoisotopic (exact) mass is 689 g/mol. The van der Waals surface area contributed by atoms with Crippen molar-refractivity contribution in [3.05, 3.63) is 71.3 Å². The summed E-state index contributed by atoms with van der Waals surface area (Å²) in [5.74, 6) is 1.05. The molecule has 0 fully saturated rings. The molecule has 0 heterocycles. The fourth-order valence-electron chi connectivity index (χ4n) is 5.54. The molecule has 0 aromatic heterocycles. The van der Waals surface area contributed by atoms with Crippen LogP contribution in [0.4, 0.5) is 4.79 Å². The molecule has 9 heteroatoms. The predicted octanol–water partition coefficient (Wildman–Crippen LogP) is 7.37. The molecule has 0 aliphatic rings. The number of rotatable bonds is 15. The molecule has 0 radical (unpaired) electrons. The highest BCUT2D eigenvalue weighted by Crippen LogP contribution is 2.31. The van der Waals surface area contributed by atoms with E-state index in [0.29, 0.717) is 29.9 Å². The van der Waals surface area contributed by atoms with Crippen LogP contribution in [0.15, 0.2) is 54.6 Å². The lowest BCUT2D eigenvalue weighted by atomic mass is 9.91. The Morgan fingerprint density at radius 3 is 1.94 bits per heavy atom. The molecule has 3 amide bonds. The van der Waals surface area contributed by atoms with E-state index in [-0.39, 0.29) is 12.3 Å². The van der Waals surface area contributed by atoms with Gasteiger partial charge in [0.25, 0.3) is 0 Å². The number of amides is 3. The number of hydrogen-bond donors (Lipinski definition) is 2. The number of alkyl carbamates (subject to hydrolysis) is 1. The summed E-state index contributed by atoms with van der Waals surface area (Å²) in [5, 5.41) is 5.78. The maximum atomic E-state index is 15.0. The molecule has 0 spiro atoms. The van der Waals surface area contributed by atoms with Gasteiger partial charge in [0.2, 0.25) is 11.8 Å². The van der Waals surface area contributed by atoms with Crippen molar-refractivity contribution < 1.29 is 28.7 Å². The predicted molar refractivity (Wildman–Crippen MR) is 198 cm³/mol. The largest absolute Gasteiger partial charge is 0.458 e. The number of carbonyl (C=O) groups is 4. The van der Waals surface area contributed by atoms with Crippen molar-refractivity contribution in [3.8, 4) is 12.3 Å². The van der Waals surface area contributed by atoms with E-state index in [1.54, 1.807) is 65.8 Å². The standard InChI is InChI=1S/C41H59N3O6/c1-13-28(5)34(43-39(48)50-41(10,11)12)37(46)44(29(6)25-24-27(3)4)35(32-23-19-18-22-31(32)14-2)36(45)42-33(38(47)49-40(7,8)9)26-30-20-16-15-17-21-30/h2,15-23,27-29,33-35H,13,24-26H2,1,3-12H3,(H,42,45)(H,43,48). The van der Waals surface area contributed by atoms with Gasteiger partial charge in [0.05, 0.1) is 0 Å². The van der Waals surface area contributed by atoms with E-state index in [1.807, 2.05) is 51.1 Å². The average molecular weight is 690 g/mol. The Bertz CT molecular complexity index is 1470. The van der Waals surface area contributed by atoms with E-state index in [1.165, 1.54) is 4.90 Å². The lowest BCUT2D eigenvalue weighted by Crippen LogP contribution is -2.58. The number of nitrogens with zero attached hydrogens (tertiary/aromatic N) is 1. The molecule has 2 aromatic carbocycles. The zero-order valence-electron chi connectivity index (χ0n) is 32.0. The lowest BCUT2D eigenvalue weighted by molar-refractivity contribution is -0.159. The molecule has 0 aliphatic heterocycles. The Balaban J connectivity index is 2.79. The minimum atomic E-state index is -1.25. The zero-order valence-corrected chi connectivity index (χ0v) is 32.0.